The van der Waals surface area contributed by atoms with Gasteiger partial charge in [0, 0.05) is 20.1 Å². The topological polar surface area (TPSA) is 65.4 Å². The van der Waals surface area contributed by atoms with E-state index in [2.05, 4.69) is 18.0 Å². The molecule has 0 aliphatic heterocycles. The maximum absolute atomic E-state index is 8.58. The Bertz CT molecular complexity index is 204. The summed E-state index contributed by atoms with van der Waals surface area (Å²) in [5.74, 6) is 0.504. The minimum absolute atomic E-state index is 0.0135. The minimum atomic E-state index is -0.0135. The first kappa shape index (κ1) is 11.8. The first-order valence-electron chi connectivity index (χ1n) is 4.52. The number of hydrogen-bond donors (Lipinski definition) is 1. The monoisotopic (exact) mass is 182 g/mol. The van der Waals surface area contributed by atoms with Gasteiger partial charge in [-0.3, -0.25) is 4.99 Å². The lowest BCUT2D eigenvalue weighted by Gasteiger charge is -2.18. The third kappa shape index (κ3) is 5.07. The molecule has 4 heteroatoms. The minimum Gasteiger partial charge on any atom is -0.370 e. The summed E-state index contributed by atoms with van der Waals surface area (Å²) in [4.78, 5) is 5.95. The Hall–Kier alpha value is -1.24. The van der Waals surface area contributed by atoms with Gasteiger partial charge in [-0.1, -0.05) is 6.92 Å². The molecule has 0 bridgehead atoms. The van der Waals surface area contributed by atoms with Crippen molar-refractivity contribution < 1.29 is 0 Å². The average Bonchev–Trinajstić information content (AvgIpc) is 2.13. The number of nitrogens with zero attached hydrogens (tertiary/aromatic N) is 3. The summed E-state index contributed by atoms with van der Waals surface area (Å²) in [7, 11) is 1.85. The molecule has 0 aromatic rings. The van der Waals surface area contributed by atoms with Crippen LogP contribution >= 0.6 is 0 Å². The summed E-state index contributed by atoms with van der Waals surface area (Å²) in [6.07, 6.45) is 0.988. The van der Waals surface area contributed by atoms with Gasteiger partial charge in [0.15, 0.2) is 5.96 Å². The second-order valence-corrected chi connectivity index (χ2v) is 3.15. The fourth-order valence-corrected chi connectivity index (χ4v) is 0.892. The standard InChI is InChI=1S/C9H18N4/c1-4-5-12-9(11)13(3)7-8(2)6-10/h8H,4-5,7H2,1-3H3,(H2,11,12). The Morgan fingerprint density at radius 2 is 2.31 bits per heavy atom. The molecule has 0 aliphatic carbocycles. The smallest absolute Gasteiger partial charge is 0.191 e. The Balaban J connectivity index is 3.96. The summed E-state index contributed by atoms with van der Waals surface area (Å²) in [6, 6.07) is 2.15. The van der Waals surface area contributed by atoms with Crippen LogP contribution in [0.2, 0.25) is 0 Å². The molecular weight excluding hydrogens is 164 g/mol. The van der Waals surface area contributed by atoms with Crippen LogP contribution in [0.3, 0.4) is 0 Å². The van der Waals surface area contributed by atoms with Gasteiger partial charge in [-0.2, -0.15) is 5.26 Å². The van der Waals surface area contributed by atoms with Crippen LogP contribution in [0.1, 0.15) is 20.3 Å². The van der Waals surface area contributed by atoms with Crippen molar-refractivity contribution in [2.24, 2.45) is 16.6 Å². The van der Waals surface area contributed by atoms with Crippen LogP contribution < -0.4 is 5.73 Å². The molecular formula is C9H18N4. The van der Waals surface area contributed by atoms with E-state index >= 15 is 0 Å². The second kappa shape index (κ2) is 6.30. The highest BCUT2D eigenvalue weighted by molar-refractivity contribution is 5.77. The molecule has 0 aromatic heterocycles. The zero-order valence-corrected chi connectivity index (χ0v) is 8.62. The molecule has 0 saturated heterocycles. The Kier molecular flexibility index (Phi) is 5.69. The molecule has 0 amide bonds. The predicted molar refractivity (Wildman–Crippen MR) is 54.2 cm³/mol. The molecule has 0 radical (unpaired) electrons. The van der Waals surface area contributed by atoms with Crippen LogP contribution in [0.25, 0.3) is 0 Å². The van der Waals surface area contributed by atoms with E-state index in [9.17, 15) is 0 Å². The van der Waals surface area contributed by atoms with E-state index in [-0.39, 0.29) is 5.92 Å². The van der Waals surface area contributed by atoms with Crippen molar-refractivity contribution in [2.45, 2.75) is 20.3 Å². The molecule has 1 unspecified atom stereocenters. The van der Waals surface area contributed by atoms with Gasteiger partial charge in [0.1, 0.15) is 0 Å². The van der Waals surface area contributed by atoms with Crippen molar-refractivity contribution in [3.63, 3.8) is 0 Å². The maximum Gasteiger partial charge on any atom is 0.191 e. The quantitative estimate of drug-likeness (QED) is 0.516. The van der Waals surface area contributed by atoms with Crippen LogP contribution in [0.15, 0.2) is 4.99 Å². The van der Waals surface area contributed by atoms with E-state index in [1.165, 1.54) is 0 Å². The molecule has 1 atom stereocenters. The van der Waals surface area contributed by atoms with Gasteiger partial charge in [-0.15, -0.1) is 0 Å². The van der Waals surface area contributed by atoms with Crippen molar-refractivity contribution in [3.8, 4) is 6.07 Å². The van der Waals surface area contributed by atoms with E-state index in [4.69, 9.17) is 11.0 Å². The third-order valence-electron chi connectivity index (χ3n) is 1.66. The van der Waals surface area contributed by atoms with E-state index in [1.54, 1.807) is 0 Å². The molecule has 2 N–H and O–H groups in total. The van der Waals surface area contributed by atoms with E-state index in [0.717, 1.165) is 13.0 Å². The van der Waals surface area contributed by atoms with Gasteiger partial charge in [-0.05, 0) is 13.3 Å². The highest BCUT2D eigenvalue weighted by atomic mass is 15.2. The average molecular weight is 182 g/mol. The lowest BCUT2D eigenvalue weighted by Crippen LogP contribution is -2.36. The number of nitriles is 1. The van der Waals surface area contributed by atoms with Crippen molar-refractivity contribution in [1.82, 2.24) is 4.90 Å². The van der Waals surface area contributed by atoms with Crippen LogP contribution in [-0.2, 0) is 0 Å². The Labute approximate surface area is 80.0 Å². The number of guanidine groups is 1. The molecule has 74 valence electrons. The van der Waals surface area contributed by atoms with Crippen LogP contribution in [0.5, 0.6) is 0 Å². The molecule has 0 fully saturated rings. The SMILES string of the molecule is CCCN=C(N)N(C)CC(C)C#N. The summed E-state index contributed by atoms with van der Waals surface area (Å²) in [5.41, 5.74) is 5.67. The van der Waals surface area contributed by atoms with Gasteiger partial charge in [0.25, 0.3) is 0 Å². The fourth-order valence-electron chi connectivity index (χ4n) is 0.892. The summed E-state index contributed by atoms with van der Waals surface area (Å²) >= 11 is 0. The predicted octanol–water partition coefficient (Wildman–Crippen LogP) is 0.803. The number of hydrogen-bond acceptors (Lipinski definition) is 2. The highest BCUT2D eigenvalue weighted by Gasteiger charge is 2.06. The Morgan fingerprint density at radius 3 is 2.77 bits per heavy atom. The summed E-state index contributed by atoms with van der Waals surface area (Å²) in [5, 5.41) is 8.58. The van der Waals surface area contributed by atoms with Crippen molar-refractivity contribution >= 4 is 5.96 Å². The van der Waals surface area contributed by atoms with E-state index in [0.29, 0.717) is 12.5 Å². The van der Waals surface area contributed by atoms with Crippen LogP contribution in [0, 0.1) is 17.2 Å². The van der Waals surface area contributed by atoms with Gasteiger partial charge in [-0.25, -0.2) is 0 Å². The van der Waals surface area contributed by atoms with Crippen molar-refractivity contribution in [3.05, 3.63) is 0 Å². The van der Waals surface area contributed by atoms with E-state index in [1.807, 2.05) is 18.9 Å². The number of aliphatic imine (C=N–C) groups is 1. The van der Waals surface area contributed by atoms with Gasteiger partial charge >= 0.3 is 0 Å². The van der Waals surface area contributed by atoms with Crippen molar-refractivity contribution in [1.29, 1.82) is 5.26 Å². The van der Waals surface area contributed by atoms with Gasteiger partial charge < -0.3 is 10.6 Å². The zero-order valence-electron chi connectivity index (χ0n) is 8.62. The molecule has 0 rings (SSSR count). The molecule has 0 aromatic carbocycles. The first-order chi connectivity index (χ1) is 6.11. The van der Waals surface area contributed by atoms with Crippen LogP contribution in [-0.4, -0.2) is 31.0 Å². The van der Waals surface area contributed by atoms with E-state index < -0.39 is 0 Å². The molecule has 0 heterocycles. The largest absolute Gasteiger partial charge is 0.370 e. The molecule has 0 spiro atoms. The normalized spacial score (nSPS) is 13.5. The lowest BCUT2D eigenvalue weighted by atomic mass is 10.2. The molecule has 0 aliphatic rings. The third-order valence-corrected chi connectivity index (χ3v) is 1.66. The second-order valence-electron chi connectivity index (χ2n) is 3.15. The molecule has 13 heavy (non-hydrogen) atoms. The molecule has 4 nitrogen and oxygen atoms in total. The maximum atomic E-state index is 8.58. The first-order valence-corrected chi connectivity index (χ1v) is 4.52. The van der Waals surface area contributed by atoms with Gasteiger partial charge in [0.05, 0.1) is 12.0 Å². The highest BCUT2D eigenvalue weighted by Crippen LogP contribution is 1.95. The lowest BCUT2D eigenvalue weighted by molar-refractivity contribution is 0.448. The number of rotatable bonds is 4. The van der Waals surface area contributed by atoms with Crippen molar-refractivity contribution in [2.75, 3.05) is 20.1 Å². The Morgan fingerprint density at radius 1 is 1.69 bits per heavy atom. The zero-order chi connectivity index (χ0) is 10.3. The van der Waals surface area contributed by atoms with Gasteiger partial charge in [0.2, 0.25) is 0 Å². The summed E-state index contributed by atoms with van der Waals surface area (Å²) in [6.45, 7) is 5.30. The summed E-state index contributed by atoms with van der Waals surface area (Å²) < 4.78 is 0. The molecule has 0 saturated carbocycles. The number of nitrogens with two attached hydrogens (primary N) is 1. The van der Waals surface area contributed by atoms with Crippen LogP contribution in [0.4, 0.5) is 0 Å². The fraction of sp³-hybridized carbons (Fsp3) is 0.778.